The Morgan fingerprint density at radius 2 is 1.71 bits per heavy atom. The van der Waals surface area contributed by atoms with Gasteiger partial charge in [-0.25, -0.2) is 0 Å². The first kappa shape index (κ1) is 28.8. The van der Waals surface area contributed by atoms with Gasteiger partial charge in [-0.2, -0.15) is 0 Å². The van der Waals surface area contributed by atoms with Gasteiger partial charge in [0.15, 0.2) is 0 Å². The molecule has 7 heteroatoms. The molecule has 2 aromatic carbocycles. The number of aliphatic carboxylic acids is 1. The lowest BCUT2D eigenvalue weighted by Gasteiger charge is -2.32. The van der Waals surface area contributed by atoms with Crippen LogP contribution in [0.2, 0.25) is 5.02 Å². The number of hydrogen-bond acceptors (Lipinski definition) is 4. The summed E-state index contributed by atoms with van der Waals surface area (Å²) in [5, 5.41) is 9.52. The molecule has 0 atom stereocenters. The highest BCUT2D eigenvalue weighted by Crippen LogP contribution is 2.23. The Hall–Kier alpha value is -2.41. The van der Waals surface area contributed by atoms with Gasteiger partial charge >= 0.3 is 5.97 Å². The van der Waals surface area contributed by atoms with E-state index in [1.165, 1.54) is 6.42 Å². The summed E-state index contributed by atoms with van der Waals surface area (Å²) in [6.07, 6.45) is 2.82. The minimum Gasteiger partial charge on any atom is -0.481 e. The summed E-state index contributed by atoms with van der Waals surface area (Å²) in [7, 11) is 1.75. The van der Waals surface area contributed by atoms with Gasteiger partial charge < -0.3 is 20.6 Å². The van der Waals surface area contributed by atoms with Crippen molar-refractivity contribution in [2.45, 2.75) is 53.5 Å². The molecule has 0 saturated carbocycles. The SMILES string of the molecule is CC(C)(C)CCN1CCC(C(=O)O)CC1.Cc1cc(C(=O)N(C)c2ccc(Cl)cc2)ccc1CN. The van der Waals surface area contributed by atoms with E-state index >= 15 is 0 Å². The van der Waals surface area contributed by atoms with E-state index in [1.807, 2.05) is 37.3 Å². The molecule has 0 spiro atoms. The van der Waals surface area contributed by atoms with Crippen molar-refractivity contribution in [3.8, 4) is 0 Å². The number of likely N-dealkylation sites (tertiary alicyclic amines) is 1. The van der Waals surface area contributed by atoms with E-state index in [-0.39, 0.29) is 11.8 Å². The van der Waals surface area contributed by atoms with Crippen molar-refractivity contribution in [3.05, 3.63) is 64.2 Å². The second-order valence-electron chi connectivity index (χ2n) is 10.5. The molecule has 0 aromatic heterocycles. The number of carbonyl (C=O) groups excluding carboxylic acids is 1. The molecular weight excluding hydrogens is 462 g/mol. The number of rotatable bonds is 6. The van der Waals surface area contributed by atoms with Gasteiger partial charge in [0.1, 0.15) is 0 Å². The number of piperidine rings is 1. The molecule has 1 aliphatic heterocycles. The van der Waals surface area contributed by atoms with Gasteiger partial charge in [0, 0.05) is 29.9 Å². The molecule has 35 heavy (non-hydrogen) atoms. The van der Waals surface area contributed by atoms with Gasteiger partial charge in [0.25, 0.3) is 5.91 Å². The third-order valence-corrected chi connectivity index (χ3v) is 6.69. The highest BCUT2D eigenvalue weighted by Gasteiger charge is 2.25. The van der Waals surface area contributed by atoms with Gasteiger partial charge in [-0.15, -0.1) is 0 Å². The van der Waals surface area contributed by atoms with Crippen LogP contribution in [0.15, 0.2) is 42.5 Å². The molecule has 0 unspecified atom stereocenters. The first-order valence-electron chi connectivity index (χ1n) is 12.2. The Balaban J connectivity index is 0.000000258. The number of benzene rings is 2. The number of aryl methyl sites for hydroxylation is 1. The van der Waals surface area contributed by atoms with Crippen molar-refractivity contribution in [2.24, 2.45) is 17.1 Å². The molecule has 192 valence electrons. The maximum Gasteiger partial charge on any atom is 0.306 e. The molecule has 0 bridgehead atoms. The number of carbonyl (C=O) groups is 2. The van der Waals surface area contributed by atoms with E-state index in [2.05, 4.69) is 25.7 Å². The smallest absolute Gasteiger partial charge is 0.306 e. The molecule has 6 nitrogen and oxygen atoms in total. The normalized spacial score (nSPS) is 14.7. The largest absolute Gasteiger partial charge is 0.481 e. The lowest BCUT2D eigenvalue weighted by molar-refractivity contribution is -0.143. The molecular formula is C28H40ClN3O3. The van der Waals surface area contributed by atoms with E-state index in [0.717, 1.165) is 49.3 Å². The predicted molar refractivity (Wildman–Crippen MR) is 144 cm³/mol. The average molecular weight is 502 g/mol. The Labute approximate surface area is 215 Å². The van der Waals surface area contributed by atoms with E-state index in [0.29, 0.717) is 22.5 Å². The van der Waals surface area contributed by atoms with E-state index in [9.17, 15) is 9.59 Å². The summed E-state index contributed by atoms with van der Waals surface area (Å²) in [5.41, 5.74) is 9.55. The molecule has 1 amide bonds. The predicted octanol–water partition coefficient (Wildman–Crippen LogP) is 5.60. The van der Waals surface area contributed by atoms with Crippen molar-refractivity contribution >= 4 is 29.2 Å². The Bertz CT molecular complexity index is 978. The molecule has 1 aliphatic rings. The van der Waals surface area contributed by atoms with Crippen LogP contribution in [0, 0.1) is 18.3 Å². The zero-order valence-electron chi connectivity index (χ0n) is 21.7. The standard InChI is InChI=1S/C16H17ClN2O.C12H23NO2/c1-11-9-12(3-4-13(11)10-18)16(20)19(2)15-7-5-14(17)6-8-15;1-12(2,3)6-9-13-7-4-10(5-8-13)11(14)15/h3-9H,10,18H2,1-2H3;10H,4-9H2,1-3H3,(H,14,15). The van der Waals surface area contributed by atoms with Gasteiger partial charge in [-0.3, -0.25) is 9.59 Å². The minimum atomic E-state index is -0.620. The van der Waals surface area contributed by atoms with Crippen LogP contribution in [0.5, 0.6) is 0 Å². The highest BCUT2D eigenvalue weighted by molar-refractivity contribution is 6.30. The van der Waals surface area contributed by atoms with Crippen molar-refractivity contribution in [3.63, 3.8) is 0 Å². The van der Waals surface area contributed by atoms with Crippen LogP contribution in [0.25, 0.3) is 0 Å². The Morgan fingerprint density at radius 1 is 1.11 bits per heavy atom. The third kappa shape index (κ3) is 9.28. The Kier molecular flexibility index (Phi) is 10.7. The topological polar surface area (TPSA) is 86.9 Å². The van der Waals surface area contributed by atoms with Crippen LogP contribution < -0.4 is 10.6 Å². The monoisotopic (exact) mass is 501 g/mol. The van der Waals surface area contributed by atoms with Crippen LogP contribution in [-0.4, -0.2) is 48.6 Å². The first-order chi connectivity index (χ1) is 16.4. The Morgan fingerprint density at radius 3 is 2.20 bits per heavy atom. The van der Waals surface area contributed by atoms with Crippen LogP contribution in [0.1, 0.15) is 61.5 Å². The quantitative estimate of drug-likeness (QED) is 0.537. The zero-order chi connectivity index (χ0) is 26.2. The summed E-state index contributed by atoms with van der Waals surface area (Å²) in [6.45, 7) is 12.2. The number of carboxylic acids is 1. The second kappa shape index (κ2) is 13.1. The van der Waals surface area contributed by atoms with Crippen LogP contribution in [0.3, 0.4) is 0 Å². The number of anilines is 1. The van der Waals surface area contributed by atoms with Gasteiger partial charge in [0.2, 0.25) is 0 Å². The summed E-state index contributed by atoms with van der Waals surface area (Å²) < 4.78 is 0. The summed E-state index contributed by atoms with van der Waals surface area (Å²) >= 11 is 5.85. The minimum absolute atomic E-state index is 0.0565. The van der Waals surface area contributed by atoms with Gasteiger partial charge in [-0.05, 0) is 98.8 Å². The van der Waals surface area contributed by atoms with Crippen molar-refractivity contribution in [1.29, 1.82) is 0 Å². The first-order valence-corrected chi connectivity index (χ1v) is 12.6. The molecule has 0 aliphatic carbocycles. The van der Waals surface area contributed by atoms with Crippen LogP contribution >= 0.6 is 11.6 Å². The fraction of sp³-hybridized carbons (Fsp3) is 0.500. The molecule has 2 aromatic rings. The molecule has 1 fully saturated rings. The fourth-order valence-electron chi connectivity index (χ4n) is 3.93. The van der Waals surface area contributed by atoms with Crippen molar-refractivity contribution in [2.75, 3.05) is 31.6 Å². The van der Waals surface area contributed by atoms with Crippen LogP contribution in [-0.2, 0) is 11.3 Å². The lowest BCUT2D eigenvalue weighted by Crippen LogP contribution is -2.37. The summed E-state index contributed by atoms with van der Waals surface area (Å²) in [5.74, 6) is -0.777. The lowest BCUT2D eigenvalue weighted by atomic mass is 9.91. The zero-order valence-corrected chi connectivity index (χ0v) is 22.4. The van der Waals surface area contributed by atoms with Gasteiger partial charge in [-0.1, -0.05) is 38.4 Å². The average Bonchev–Trinajstić information content (AvgIpc) is 2.82. The van der Waals surface area contributed by atoms with Crippen molar-refractivity contribution < 1.29 is 14.7 Å². The summed E-state index contributed by atoms with van der Waals surface area (Å²) in [4.78, 5) is 27.2. The number of nitrogens with two attached hydrogens (primary N) is 1. The van der Waals surface area contributed by atoms with Gasteiger partial charge in [0.05, 0.1) is 5.92 Å². The van der Waals surface area contributed by atoms with E-state index in [4.69, 9.17) is 22.4 Å². The maximum absolute atomic E-state index is 12.4. The fourth-order valence-corrected chi connectivity index (χ4v) is 4.06. The number of nitrogens with zero attached hydrogens (tertiary/aromatic N) is 2. The molecule has 3 N–H and O–H groups in total. The van der Waals surface area contributed by atoms with E-state index in [1.54, 1.807) is 24.1 Å². The molecule has 1 heterocycles. The molecule has 0 radical (unpaired) electrons. The molecule has 3 rings (SSSR count). The summed E-state index contributed by atoms with van der Waals surface area (Å²) in [6, 6.07) is 12.8. The number of amides is 1. The maximum atomic E-state index is 12.4. The molecule has 1 saturated heterocycles. The van der Waals surface area contributed by atoms with E-state index < -0.39 is 5.97 Å². The number of carboxylic acid groups (broad SMARTS) is 1. The highest BCUT2D eigenvalue weighted by atomic mass is 35.5. The number of halogens is 1. The van der Waals surface area contributed by atoms with Crippen molar-refractivity contribution in [1.82, 2.24) is 4.90 Å². The second-order valence-corrected chi connectivity index (χ2v) is 10.9. The third-order valence-electron chi connectivity index (χ3n) is 6.44. The number of hydrogen-bond donors (Lipinski definition) is 2. The van der Waals surface area contributed by atoms with Crippen LogP contribution in [0.4, 0.5) is 5.69 Å².